The van der Waals surface area contributed by atoms with E-state index in [4.69, 9.17) is 0 Å². The SMILES string of the molecule is CC1(C)c2cc(-c3c4ccccc4cc4ccccc34)ccc2-c2cc3c4ccccc4c4ccccc4c3cc21. The smallest absolute Gasteiger partial charge is 0.0159 e. The van der Waals surface area contributed by atoms with Gasteiger partial charge in [-0.1, -0.05) is 123 Å². The summed E-state index contributed by atoms with van der Waals surface area (Å²) in [6, 6.07) is 49.9. The highest BCUT2D eigenvalue weighted by Gasteiger charge is 2.36. The van der Waals surface area contributed by atoms with Crippen LogP contribution < -0.4 is 0 Å². The molecule has 0 unspecified atom stereocenters. The minimum atomic E-state index is -0.109. The second-order valence-corrected chi connectivity index (χ2v) is 12.1. The largest absolute Gasteiger partial charge is 0.0616 e. The van der Waals surface area contributed by atoms with E-state index < -0.39 is 0 Å². The Kier molecular flexibility index (Phi) is 4.49. The predicted octanol–water partition coefficient (Wildman–Crippen LogP) is 11.4. The van der Waals surface area contributed by atoms with Crippen molar-refractivity contribution in [1.29, 1.82) is 0 Å². The number of fused-ring (bicyclic) bond motifs is 11. The average Bonchev–Trinajstić information content (AvgIpc) is 3.24. The lowest BCUT2D eigenvalue weighted by Gasteiger charge is -2.23. The first-order valence-corrected chi connectivity index (χ1v) is 14.5. The molecular formula is C41H28. The molecule has 41 heavy (non-hydrogen) atoms. The van der Waals surface area contributed by atoms with Crippen LogP contribution in [0, 0.1) is 0 Å². The number of rotatable bonds is 1. The van der Waals surface area contributed by atoms with Crippen LogP contribution in [0.4, 0.5) is 0 Å². The molecule has 9 rings (SSSR count). The van der Waals surface area contributed by atoms with Gasteiger partial charge in [0.25, 0.3) is 0 Å². The molecule has 8 aromatic rings. The number of hydrogen-bond donors (Lipinski definition) is 0. The molecule has 0 bridgehead atoms. The molecular weight excluding hydrogens is 492 g/mol. The molecule has 8 aromatic carbocycles. The van der Waals surface area contributed by atoms with Gasteiger partial charge in [-0.15, -0.1) is 0 Å². The summed E-state index contributed by atoms with van der Waals surface area (Å²) < 4.78 is 0. The van der Waals surface area contributed by atoms with Gasteiger partial charge < -0.3 is 0 Å². The lowest BCUT2D eigenvalue weighted by molar-refractivity contribution is 0.661. The summed E-state index contributed by atoms with van der Waals surface area (Å²) in [5, 5.41) is 13.2. The van der Waals surface area contributed by atoms with E-state index in [1.807, 2.05) is 0 Å². The Morgan fingerprint density at radius 1 is 0.366 bits per heavy atom. The van der Waals surface area contributed by atoms with Crippen LogP contribution in [-0.2, 0) is 5.41 Å². The maximum Gasteiger partial charge on any atom is 0.0159 e. The summed E-state index contributed by atoms with van der Waals surface area (Å²) in [5.41, 5.74) is 8.06. The van der Waals surface area contributed by atoms with Gasteiger partial charge in [-0.25, -0.2) is 0 Å². The second-order valence-electron chi connectivity index (χ2n) is 12.1. The molecule has 0 saturated heterocycles. The lowest BCUT2D eigenvalue weighted by Crippen LogP contribution is -2.15. The van der Waals surface area contributed by atoms with Gasteiger partial charge in [0, 0.05) is 5.41 Å². The number of benzene rings is 8. The third-order valence-corrected chi connectivity index (χ3v) is 9.60. The minimum absolute atomic E-state index is 0.109. The van der Waals surface area contributed by atoms with E-state index in [2.05, 4.69) is 147 Å². The zero-order chi connectivity index (χ0) is 27.3. The molecule has 0 amide bonds. The summed E-state index contributed by atoms with van der Waals surface area (Å²) in [6.45, 7) is 4.80. The molecule has 0 nitrogen and oxygen atoms in total. The van der Waals surface area contributed by atoms with Gasteiger partial charge in [0.1, 0.15) is 0 Å². The van der Waals surface area contributed by atoms with Gasteiger partial charge >= 0.3 is 0 Å². The molecule has 0 fully saturated rings. The van der Waals surface area contributed by atoms with Crippen LogP contribution in [0.25, 0.3) is 76.1 Å². The van der Waals surface area contributed by atoms with E-state index in [-0.39, 0.29) is 5.41 Å². The molecule has 0 saturated carbocycles. The highest BCUT2D eigenvalue weighted by Crippen LogP contribution is 2.52. The summed E-state index contributed by atoms with van der Waals surface area (Å²) in [5.74, 6) is 0. The summed E-state index contributed by atoms with van der Waals surface area (Å²) in [4.78, 5) is 0. The summed E-state index contributed by atoms with van der Waals surface area (Å²) in [6.07, 6.45) is 0. The standard InChI is InChI=1S/C41H28/c1-41(2)38-22-27(40-28-13-5-3-11-25(28)21-26-12-4-6-14-29(26)40)19-20-34(38)37-23-35-32-17-9-7-15-30(32)31-16-8-10-18-33(31)36(35)24-39(37)41/h3-24H,1-2H3. The molecule has 0 N–H and O–H groups in total. The summed E-state index contributed by atoms with van der Waals surface area (Å²) in [7, 11) is 0. The van der Waals surface area contributed by atoms with Crippen molar-refractivity contribution in [3.63, 3.8) is 0 Å². The van der Waals surface area contributed by atoms with Crippen molar-refractivity contribution in [3.8, 4) is 22.3 Å². The first-order valence-electron chi connectivity index (χ1n) is 14.5. The second kappa shape index (κ2) is 8.05. The Hall–Kier alpha value is -4.94. The van der Waals surface area contributed by atoms with Gasteiger partial charge in [0.05, 0.1) is 0 Å². The molecule has 0 atom stereocenters. The van der Waals surface area contributed by atoms with Crippen molar-refractivity contribution < 1.29 is 0 Å². The Balaban J connectivity index is 1.35. The van der Waals surface area contributed by atoms with Gasteiger partial charge in [0.15, 0.2) is 0 Å². The Morgan fingerprint density at radius 3 is 1.41 bits per heavy atom. The monoisotopic (exact) mass is 520 g/mol. The molecule has 0 heteroatoms. The van der Waals surface area contributed by atoms with Crippen molar-refractivity contribution in [3.05, 3.63) is 145 Å². The first-order chi connectivity index (χ1) is 20.1. The maximum atomic E-state index is 2.49. The average molecular weight is 521 g/mol. The lowest BCUT2D eigenvalue weighted by atomic mass is 9.80. The van der Waals surface area contributed by atoms with Crippen LogP contribution in [0.15, 0.2) is 133 Å². The Bertz CT molecular complexity index is 2330. The van der Waals surface area contributed by atoms with E-state index in [0.717, 1.165) is 0 Å². The predicted molar refractivity (Wildman–Crippen MR) is 177 cm³/mol. The van der Waals surface area contributed by atoms with Crippen LogP contribution >= 0.6 is 0 Å². The van der Waals surface area contributed by atoms with E-state index in [9.17, 15) is 0 Å². The molecule has 192 valence electrons. The highest BCUT2D eigenvalue weighted by molar-refractivity contribution is 6.26. The molecule has 0 heterocycles. The molecule has 0 aromatic heterocycles. The topological polar surface area (TPSA) is 0 Å². The molecule has 0 aliphatic heterocycles. The molecule has 1 aliphatic rings. The number of hydrogen-bond acceptors (Lipinski definition) is 0. The Morgan fingerprint density at radius 2 is 0.829 bits per heavy atom. The van der Waals surface area contributed by atoms with Gasteiger partial charge in [-0.05, 0) is 112 Å². The van der Waals surface area contributed by atoms with Crippen LogP contribution in [0.1, 0.15) is 25.0 Å². The highest BCUT2D eigenvalue weighted by atomic mass is 14.4. The van der Waals surface area contributed by atoms with Crippen molar-refractivity contribution in [2.45, 2.75) is 19.3 Å². The van der Waals surface area contributed by atoms with Crippen molar-refractivity contribution >= 4 is 53.9 Å². The van der Waals surface area contributed by atoms with Gasteiger partial charge in [0.2, 0.25) is 0 Å². The van der Waals surface area contributed by atoms with Gasteiger partial charge in [-0.2, -0.15) is 0 Å². The molecule has 1 aliphatic carbocycles. The van der Waals surface area contributed by atoms with Crippen molar-refractivity contribution in [2.75, 3.05) is 0 Å². The minimum Gasteiger partial charge on any atom is -0.0616 e. The van der Waals surface area contributed by atoms with Crippen LogP contribution in [0.3, 0.4) is 0 Å². The maximum absolute atomic E-state index is 2.49. The van der Waals surface area contributed by atoms with E-state index in [1.54, 1.807) is 0 Å². The third-order valence-electron chi connectivity index (χ3n) is 9.60. The fourth-order valence-electron chi connectivity index (χ4n) is 7.61. The molecule has 0 spiro atoms. The third kappa shape index (κ3) is 3.05. The van der Waals surface area contributed by atoms with Crippen LogP contribution in [-0.4, -0.2) is 0 Å². The van der Waals surface area contributed by atoms with E-state index in [0.29, 0.717) is 0 Å². The van der Waals surface area contributed by atoms with Crippen molar-refractivity contribution in [1.82, 2.24) is 0 Å². The fourth-order valence-corrected chi connectivity index (χ4v) is 7.61. The zero-order valence-electron chi connectivity index (χ0n) is 23.2. The van der Waals surface area contributed by atoms with Crippen LogP contribution in [0.2, 0.25) is 0 Å². The van der Waals surface area contributed by atoms with Crippen LogP contribution in [0.5, 0.6) is 0 Å². The summed E-state index contributed by atoms with van der Waals surface area (Å²) >= 11 is 0. The van der Waals surface area contributed by atoms with E-state index in [1.165, 1.54) is 87.2 Å². The van der Waals surface area contributed by atoms with Crippen molar-refractivity contribution in [2.24, 2.45) is 0 Å². The quantitative estimate of drug-likeness (QED) is 0.149. The van der Waals surface area contributed by atoms with Gasteiger partial charge in [-0.3, -0.25) is 0 Å². The normalized spacial score (nSPS) is 13.8. The zero-order valence-corrected chi connectivity index (χ0v) is 23.2. The fraction of sp³-hybridized carbons (Fsp3) is 0.0732. The Labute approximate surface area is 239 Å². The van der Waals surface area contributed by atoms with E-state index >= 15 is 0 Å². The first kappa shape index (κ1) is 22.8. The molecule has 0 radical (unpaired) electrons.